The molecule has 7 heteroatoms. The summed E-state index contributed by atoms with van der Waals surface area (Å²) in [6, 6.07) is 6.32. The molecule has 0 saturated carbocycles. The van der Waals surface area contributed by atoms with E-state index in [1.54, 1.807) is 12.1 Å². The zero-order valence-corrected chi connectivity index (χ0v) is 15.5. The molecule has 24 heavy (non-hydrogen) atoms. The standard InChI is InChI=1S/C17H26N2O4S/c1-5-12(2)17(20)18-15-6-8-16(9-7-15)24(21,22)19-10-13(3)23-14(4)11-19/h6-9,12-14H,5,10-11H2,1-4H3,(H,18,20). The number of sulfonamides is 1. The van der Waals surface area contributed by atoms with Crippen LogP contribution in [0.25, 0.3) is 0 Å². The highest BCUT2D eigenvalue weighted by Crippen LogP contribution is 2.22. The van der Waals surface area contributed by atoms with E-state index < -0.39 is 10.0 Å². The smallest absolute Gasteiger partial charge is 0.243 e. The maximum atomic E-state index is 12.7. The molecule has 2 rings (SSSR count). The Kier molecular flexibility index (Phi) is 6.01. The fourth-order valence-corrected chi connectivity index (χ4v) is 4.23. The third kappa shape index (κ3) is 4.34. The van der Waals surface area contributed by atoms with Crippen molar-refractivity contribution >= 4 is 21.6 Å². The summed E-state index contributed by atoms with van der Waals surface area (Å²) in [5.74, 6) is -0.145. The van der Waals surface area contributed by atoms with Crippen LogP contribution in [0.3, 0.4) is 0 Å². The predicted molar refractivity (Wildman–Crippen MR) is 93.3 cm³/mol. The van der Waals surface area contributed by atoms with Gasteiger partial charge in [0.05, 0.1) is 17.1 Å². The van der Waals surface area contributed by atoms with Crippen LogP contribution in [0.2, 0.25) is 0 Å². The number of hydrogen-bond donors (Lipinski definition) is 1. The lowest BCUT2D eigenvalue weighted by atomic mass is 10.1. The van der Waals surface area contributed by atoms with Gasteiger partial charge in [-0.2, -0.15) is 4.31 Å². The van der Waals surface area contributed by atoms with Crippen LogP contribution in [0.15, 0.2) is 29.2 Å². The van der Waals surface area contributed by atoms with Crippen molar-refractivity contribution in [2.24, 2.45) is 5.92 Å². The maximum absolute atomic E-state index is 12.7. The molecule has 134 valence electrons. The molecule has 0 aliphatic carbocycles. The second kappa shape index (κ2) is 7.63. The number of nitrogens with one attached hydrogen (secondary N) is 1. The molecule has 1 amide bonds. The number of nitrogens with zero attached hydrogens (tertiary/aromatic N) is 1. The van der Waals surface area contributed by atoms with Crippen molar-refractivity contribution in [3.63, 3.8) is 0 Å². The zero-order chi connectivity index (χ0) is 17.9. The van der Waals surface area contributed by atoms with E-state index in [4.69, 9.17) is 4.74 Å². The SMILES string of the molecule is CCC(C)C(=O)Nc1ccc(S(=O)(=O)N2CC(C)OC(C)C2)cc1. The van der Waals surface area contributed by atoms with Crippen LogP contribution in [0.5, 0.6) is 0 Å². The monoisotopic (exact) mass is 354 g/mol. The van der Waals surface area contributed by atoms with Gasteiger partial charge < -0.3 is 10.1 Å². The molecule has 1 fully saturated rings. The number of rotatable bonds is 5. The Hall–Kier alpha value is -1.44. The Morgan fingerprint density at radius 2 is 1.79 bits per heavy atom. The Morgan fingerprint density at radius 3 is 2.29 bits per heavy atom. The predicted octanol–water partition coefficient (Wildman–Crippen LogP) is 2.47. The average Bonchev–Trinajstić information content (AvgIpc) is 2.53. The molecule has 1 aliphatic heterocycles. The lowest BCUT2D eigenvalue weighted by Gasteiger charge is -2.34. The summed E-state index contributed by atoms with van der Waals surface area (Å²) in [4.78, 5) is 12.1. The minimum absolute atomic E-state index is 0.0658. The number of benzene rings is 1. The number of amides is 1. The summed E-state index contributed by atoms with van der Waals surface area (Å²) in [6.45, 7) is 8.23. The van der Waals surface area contributed by atoms with Gasteiger partial charge in [0.25, 0.3) is 0 Å². The second-order valence-electron chi connectivity index (χ2n) is 6.40. The summed E-state index contributed by atoms with van der Waals surface area (Å²) in [5.41, 5.74) is 0.600. The number of morpholine rings is 1. The van der Waals surface area contributed by atoms with Crippen LogP contribution in [0.1, 0.15) is 34.1 Å². The van der Waals surface area contributed by atoms with Crippen LogP contribution < -0.4 is 5.32 Å². The summed E-state index contributed by atoms with van der Waals surface area (Å²) >= 11 is 0. The van der Waals surface area contributed by atoms with E-state index >= 15 is 0 Å². The van der Waals surface area contributed by atoms with E-state index in [2.05, 4.69) is 5.32 Å². The number of carbonyl (C=O) groups excluding carboxylic acids is 1. The molecule has 1 heterocycles. The molecule has 0 radical (unpaired) electrons. The van der Waals surface area contributed by atoms with Crippen molar-refractivity contribution in [1.82, 2.24) is 4.31 Å². The average molecular weight is 354 g/mol. The van der Waals surface area contributed by atoms with Gasteiger partial charge in [0.2, 0.25) is 15.9 Å². The molecular weight excluding hydrogens is 328 g/mol. The van der Waals surface area contributed by atoms with Crippen molar-refractivity contribution in [2.75, 3.05) is 18.4 Å². The van der Waals surface area contributed by atoms with Gasteiger partial charge in [0.15, 0.2) is 0 Å². The topological polar surface area (TPSA) is 75.7 Å². The lowest BCUT2D eigenvalue weighted by molar-refractivity contribution is -0.119. The van der Waals surface area contributed by atoms with Gasteiger partial charge in [0, 0.05) is 24.7 Å². The number of anilines is 1. The minimum Gasteiger partial charge on any atom is -0.373 e. The van der Waals surface area contributed by atoms with Gasteiger partial charge in [-0.05, 0) is 44.5 Å². The van der Waals surface area contributed by atoms with E-state index in [1.165, 1.54) is 16.4 Å². The Balaban J connectivity index is 2.13. The van der Waals surface area contributed by atoms with Gasteiger partial charge >= 0.3 is 0 Å². The van der Waals surface area contributed by atoms with Crippen LogP contribution >= 0.6 is 0 Å². The van der Waals surface area contributed by atoms with Gasteiger partial charge in [-0.1, -0.05) is 13.8 Å². The van der Waals surface area contributed by atoms with Crippen LogP contribution in [0, 0.1) is 5.92 Å². The third-order valence-electron chi connectivity index (χ3n) is 4.21. The van der Waals surface area contributed by atoms with Crippen LogP contribution in [-0.4, -0.2) is 43.9 Å². The fourth-order valence-electron chi connectivity index (χ4n) is 2.64. The minimum atomic E-state index is -3.55. The number of ether oxygens (including phenoxy) is 1. The van der Waals surface area contributed by atoms with E-state index in [-0.39, 0.29) is 28.9 Å². The Bertz CT molecular complexity index is 662. The van der Waals surface area contributed by atoms with Crippen molar-refractivity contribution < 1.29 is 17.9 Å². The highest BCUT2D eigenvalue weighted by Gasteiger charge is 2.32. The van der Waals surface area contributed by atoms with E-state index in [1.807, 2.05) is 27.7 Å². The van der Waals surface area contributed by atoms with E-state index in [9.17, 15) is 13.2 Å². The van der Waals surface area contributed by atoms with Crippen LogP contribution in [-0.2, 0) is 19.6 Å². The van der Waals surface area contributed by atoms with Crippen molar-refractivity contribution in [2.45, 2.75) is 51.2 Å². The van der Waals surface area contributed by atoms with Gasteiger partial charge in [-0.15, -0.1) is 0 Å². The normalized spacial score (nSPS) is 23.7. The Morgan fingerprint density at radius 1 is 1.25 bits per heavy atom. The largest absolute Gasteiger partial charge is 0.373 e. The first kappa shape index (κ1) is 18.9. The quantitative estimate of drug-likeness (QED) is 0.881. The van der Waals surface area contributed by atoms with Gasteiger partial charge in [0.1, 0.15) is 0 Å². The fraction of sp³-hybridized carbons (Fsp3) is 0.588. The molecule has 1 saturated heterocycles. The van der Waals surface area contributed by atoms with E-state index in [0.717, 1.165) is 6.42 Å². The summed E-state index contributed by atoms with van der Waals surface area (Å²) in [6.07, 6.45) is 0.501. The maximum Gasteiger partial charge on any atom is 0.243 e. The molecule has 3 unspecified atom stereocenters. The van der Waals surface area contributed by atoms with Gasteiger partial charge in [-0.3, -0.25) is 4.79 Å². The number of hydrogen-bond acceptors (Lipinski definition) is 4. The van der Waals surface area contributed by atoms with Crippen LogP contribution in [0.4, 0.5) is 5.69 Å². The summed E-state index contributed by atoms with van der Waals surface area (Å²) < 4.78 is 32.5. The Labute approximate surface area is 144 Å². The van der Waals surface area contributed by atoms with Crippen molar-refractivity contribution in [1.29, 1.82) is 0 Å². The zero-order valence-electron chi connectivity index (χ0n) is 14.7. The molecule has 0 bridgehead atoms. The first-order chi connectivity index (χ1) is 11.2. The molecule has 0 spiro atoms. The second-order valence-corrected chi connectivity index (χ2v) is 8.34. The number of carbonyl (C=O) groups is 1. The first-order valence-corrected chi connectivity index (χ1v) is 9.74. The molecular formula is C17H26N2O4S. The molecule has 3 atom stereocenters. The molecule has 1 aliphatic rings. The summed E-state index contributed by atoms with van der Waals surface area (Å²) in [7, 11) is -3.55. The van der Waals surface area contributed by atoms with E-state index in [0.29, 0.717) is 18.8 Å². The summed E-state index contributed by atoms with van der Waals surface area (Å²) in [5, 5.41) is 2.80. The van der Waals surface area contributed by atoms with Crippen molar-refractivity contribution in [3.05, 3.63) is 24.3 Å². The highest BCUT2D eigenvalue weighted by molar-refractivity contribution is 7.89. The molecule has 6 nitrogen and oxygen atoms in total. The molecule has 1 aromatic carbocycles. The first-order valence-electron chi connectivity index (χ1n) is 8.30. The molecule has 1 aromatic rings. The molecule has 0 aromatic heterocycles. The van der Waals surface area contributed by atoms with Crippen molar-refractivity contribution in [3.8, 4) is 0 Å². The lowest BCUT2D eigenvalue weighted by Crippen LogP contribution is -2.48. The molecule has 1 N–H and O–H groups in total. The highest BCUT2D eigenvalue weighted by atomic mass is 32.2. The third-order valence-corrected chi connectivity index (χ3v) is 6.05. The van der Waals surface area contributed by atoms with Gasteiger partial charge in [-0.25, -0.2) is 8.42 Å².